The van der Waals surface area contributed by atoms with Crippen molar-refractivity contribution in [3.63, 3.8) is 0 Å². The fourth-order valence-corrected chi connectivity index (χ4v) is 2.22. The van der Waals surface area contributed by atoms with Gasteiger partial charge in [0.15, 0.2) is 0 Å². The van der Waals surface area contributed by atoms with E-state index in [-0.39, 0.29) is 6.04 Å². The number of hydrogen-bond acceptors (Lipinski definition) is 3. The third-order valence-corrected chi connectivity index (χ3v) is 3.36. The third kappa shape index (κ3) is 3.81. The first kappa shape index (κ1) is 14.5. The monoisotopic (exact) mass is 270 g/mol. The van der Waals surface area contributed by atoms with Crippen molar-refractivity contribution in [2.75, 3.05) is 13.7 Å². The molecule has 1 N–H and O–H groups in total. The zero-order valence-corrected chi connectivity index (χ0v) is 12.4. The van der Waals surface area contributed by atoms with Gasteiger partial charge in [-0.2, -0.15) is 0 Å². The molecule has 0 spiro atoms. The lowest BCUT2D eigenvalue weighted by molar-refractivity contribution is 0.338. The molecule has 0 bridgehead atoms. The van der Waals surface area contributed by atoms with Crippen molar-refractivity contribution in [2.24, 2.45) is 0 Å². The molecular weight excluding hydrogens is 248 g/mol. The Labute approximate surface area is 121 Å². The Morgan fingerprint density at radius 3 is 2.60 bits per heavy atom. The summed E-state index contributed by atoms with van der Waals surface area (Å²) in [4.78, 5) is 4.26. The molecule has 1 heterocycles. The number of benzene rings is 1. The molecular formula is C17H22N2O. The number of nitrogens with zero attached hydrogens (tertiary/aromatic N) is 1. The number of pyridine rings is 1. The Balaban J connectivity index is 2.15. The molecule has 1 aromatic carbocycles. The third-order valence-electron chi connectivity index (χ3n) is 3.36. The molecule has 0 aliphatic rings. The fourth-order valence-electron chi connectivity index (χ4n) is 2.22. The van der Waals surface area contributed by atoms with Crippen LogP contribution in [0.3, 0.4) is 0 Å². The Hall–Kier alpha value is -1.87. The maximum absolute atomic E-state index is 5.52. The van der Waals surface area contributed by atoms with Gasteiger partial charge in [-0.15, -0.1) is 0 Å². The van der Waals surface area contributed by atoms with Gasteiger partial charge in [-0.1, -0.05) is 29.8 Å². The Morgan fingerprint density at radius 2 is 1.95 bits per heavy atom. The van der Waals surface area contributed by atoms with Gasteiger partial charge in [-0.05, 0) is 44.5 Å². The smallest absolute Gasteiger partial charge is 0.137 e. The molecule has 0 saturated heterocycles. The molecule has 0 saturated carbocycles. The summed E-state index contributed by atoms with van der Waals surface area (Å²) in [6.45, 7) is 4.75. The van der Waals surface area contributed by atoms with Crippen LogP contribution in [0.25, 0.3) is 0 Å². The standard InChI is InChI=1S/C17H22N2O/c1-4-20-16-10-15(11-19-12-16)17(18-3)9-14-7-5-13(2)6-8-14/h5-8,10-12,17-18H,4,9H2,1-3H3. The van der Waals surface area contributed by atoms with Crippen LogP contribution in [0.1, 0.15) is 29.7 Å². The van der Waals surface area contributed by atoms with Gasteiger partial charge in [0.1, 0.15) is 5.75 Å². The second kappa shape index (κ2) is 7.06. The summed E-state index contributed by atoms with van der Waals surface area (Å²) < 4.78 is 5.52. The number of aryl methyl sites for hydroxylation is 1. The normalized spacial score (nSPS) is 12.2. The Bertz CT molecular complexity index is 537. The number of aromatic nitrogens is 1. The van der Waals surface area contributed by atoms with Crippen molar-refractivity contribution in [3.05, 3.63) is 59.4 Å². The van der Waals surface area contributed by atoms with E-state index in [2.05, 4.69) is 47.6 Å². The van der Waals surface area contributed by atoms with E-state index in [1.54, 1.807) is 6.20 Å². The topological polar surface area (TPSA) is 34.1 Å². The molecule has 2 aromatic rings. The molecule has 0 radical (unpaired) electrons. The minimum absolute atomic E-state index is 0.241. The molecule has 1 atom stereocenters. The van der Waals surface area contributed by atoms with Gasteiger partial charge < -0.3 is 10.1 Å². The van der Waals surface area contributed by atoms with Crippen LogP contribution >= 0.6 is 0 Å². The van der Waals surface area contributed by atoms with Gasteiger partial charge in [-0.25, -0.2) is 0 Å². The number of nitrogens with one attached hydrogen (secondary N) is 1. The van der Waals surface area contributed by atoms with Gasteiger partial charge in [0.25, 0.3) is 0 Å². The van der Waals surface area contributed by atoms with Crippen LogP contribution in [-0.2, 0) is 6.42 Å². The van der Waals surface area contributed by atoms with Crippen LogP contribution in [0.2, 0.25) is 0 Å². The SMILES string of the molecule is CCOc1cncc(C(Cc2ccc(C)cc2)NC)c1. The molecule has 3 heteroatoms. The molecule has 2 rings (SSSR count). The van der Waals surface area contributed by atoms with E-state index >= 15 is 0 Å². The molecule has 0 fully saturated rings. The average Bonchev–Trinajstić information content (AvgIpc) is 2.47. The second-order valence-electron chi connectivity index (χ2n) is 4.92. The quantitative estimate of drug-likeness (QED) is 0.874. The van der Waals surface area contributed by atoms with E-state index in [4.69, 9.17) is 4.74 Å². The van der Waals surface area contributed by atoms with Crippen LogP contribution in [0.15, 0.2) is 42.7 Å². The van der Waals surface area contributed by atoms with Crippen LogP contribution in [0.5, 0.6) is 5.75 Å². The van der Waals surface area contributed by atoms with E-state index in [1.165, 1.54) is 11.1 Å². The zero-order chi connectivity index (χ0) is 14.4. The minimum Gasteiger partial charge on any atom is -0.492 e. The highest BCUT2D eigenvalue weighted by Crippen LogP contribution is 2.21. The van der Waals surface area contributed by atoms with Crippen LogP contribution < -0.4 is 10.1 Å². The summed E-state index contributed by atoms with van der Waals surface area (Å²) in [5, 5.41) is 3.36. The van der Waals surface area contributed by atoms with E-state index < -0.39 is 0 Å². The van der Waals surface area contributed by atoms with E-state index in [0.717, 1.165) is 17.7 Å². The first-order valence-electron chi connectivity index (χ1n) is 7.03. The van der Waals surface area contributed by atoms with Gasteiger partial charge in [0, 0.05) is 12.2 Å². The van der Waals surface area contributed by atoms with Gasteiger partial charge in [0.05, 0.1) is 12.8 Å². The van der Waals surface area contributed by atoms with E-state index in [0.29, 0.717) is 6.61 Å². The number of likely N-dealkylation sites (N-methyl/N-ethyl adjacent to an activating group) is 1. The summed E-state index contributed by atoms with van der Waals surface area (Å²) in [7, 11) is 1.98. The molecule has 106 valence electrons. The highest BCUT2D eigenvalue weighted by Gasteiger charge is 2.11. The molecule has 3 nitrogen and oxygen atoms in total. The highest BCUT2D eigenvalue weighted by molar-refractivity contribution is 5.29. The van der Waals surface area contributed by atoms with E-state index in [9.17, 15) is 0 Å². The molecule has 20 heavy (non-hydrogen) atoms. The molecule has 0 aliphatic heterocycles. The summed E-state index contributed by atoms with van der Waals surface area (Å²) in [6.07, 6.45) is 4.59. The summed E-state index contributed by atoms with van der Waals surface area (Å²) in [6, 6.07) is 11.0. The zero-order valence-electron chi connectivity index (χ0n) is 12.4. The van der Waals surface area contributed by atoms with Crippen LogP contribution in [-0.4, -0.2) is 18.6 Å². The number of hydrogen-bond donors (Lipinski definition) is 1. The predicted octanol–water partition coefficient (Wildman–Crippen LogP) is 3.29. The minimum atomic E-state index is 0.241. The van der Waals surface area contributed by atoms with E-state index in [1.807, 2.05) is 20.2 Å². The van der Waals surface area contributed by atoms with Crippen molar-refractivity contribution in [3.8, 4) is 5.75 Å². The highest BCUT2D eigenvalue weighted by atomic mass is 16.5. The van der Waals surface area contributed by atoms with Crippen molar-refractivity contribution >= 4 is 0 Å². The summed E-state index contributed by atoms with van der Waals surface area (Å²) in [5.41, 5.74) is 3.76. The van der Waals surface area contributed by atoms with Crippen molar-refractivity contribution in [1.29, 1.82) is 0 Å². The maximum Gasteiger partial charge on any atom is 0.137 e. The lowest BCUT2D eigenvalue weighted by Crippen LogP contribution is -2.19. The van der Waals surface area contributed by atoms with Gasteiger partial charge in [0.2, 0.25) is 0 Å². The first-order valence-corrected chi connectivity index (χ1v) is 7.03. The van der Waals surface area contributed by atoms with Crippen LogP contribution in [0.4, 0.5) is 0 Å². The second-order valence-corrected chi connectivity index (χ2v) is 4.92. The lowest BCUT2D eigenvalue weighted by atomic mass is 9.99. The molecule has 1 aromatic heterocycles. The molecule has 0 aliphatic carbocycles. The Kier molecular flexibility index (Phi) is 5.13. The largest absolute Gasteiger partial charge is 0.492 e. The van der Waals surface area contributed by atoms with Crippen molar-refractivity contribution < 1.29 is 4.74 Å². The molecule has 0 amide bonds. The van der Waals surface area contributed by atoms with Crippen LogP contribution in [0, 0.1) is 6.92 Å². The van der Waals surface area contributed by atoms with Gasteiger partial charge >= 0.3 is 0 Å². The summed E-state index contributed by atoms with van der Waals surface area (Å²) >= 11 is 0. The van der Waals surface area contributed by atoms with Gasteiger partial charge in [-0.3, -0.25) is 4.98 Å². The summed E-state index contributed by atoms with van der Waals surface area (Å²) in [5.74, 6) is 0.828. The van der Waals surface area contributed by atoms with Crippen molar-refractivity contribution in [1.82, 2.24) is 10.3 Å². The average molecular weight is 270 g/mol. The predicted molar refractivity (Wildman–Crippen MR) is 82.1 cm³/mol. The lowest BCUT2D eigenvalue weighted by Gasteiger charge is -2.17. The molecule has 1 unspecified atom stereocenters. The van der Waals surface area contributed by atoms with Crippen molar-refractivity contribution in [2.45, 2.75) is 26.3 Å². The first-order chi connectivity index (χ1) is 9.72. The fraction of sp³-hybridized carbons (Fsp3) is 0.353. The number of ether oxygens (including phenoxy) is 1. The maximum atomic E-state index is 5.52. The number of rotatable bonds is 6. The Morgan fingerprint density at radius 1 is 1.20 bits per heavy atom.